The lowest BCUT2D eigenvalue weighted by atomic mass is 10.1. The lowest BCUT2D eigenvalue weighted by Crippen LogP contribution is -2.16. The molecule has 8 nitrogen and oxygen atoms in total. The number of rotatable bonds is 5. The Labute approximate surface area is 197 Å². The number of hydrogen-bond donors (Lipinski definition) is 2. The minimum Gasteiger partial charge on any atom is -0.361 e. The lowest BCUT2D eigenvalue weighted by Gasteiger charge is -2.15. The maximum atomic E-state index is 13.5. The van der Waals surface area contributed by atoms with Crippen LogP contribution >= 0.6 is 0 Å². The zero-order valence-electron chi connectivity index (χ0n) is 18.9. The number of halogens is 3. The van der Waals surface area contributed by atoms with Crippen molar-refractivity contribution in [2.45, 2.75) is 26.9 Å². The molecule has 4 aromatic rings. The average molecular weight is 483 g/mol. The quantitative estimate of drug-likeness (QED) is 0.401. The van der Waals surface area contributed by atoms with Gasteiger partial charge >= 0.3 is 6.18 Å². The van der Waals surface area contributed by atoms with Crippen molar-refractivity contribution < 1.29 is 27.3 Å². The van der Waals surface area contributed by atoms with Crippen molar-refractivity contribution in [2.24, 2.45) is 0 Å². The van der Waals surface area contributed by atoms with Crippen LogP contribution in [-0.2, 0) is 6.18 Å². The predicted octanol–water partition coefficient (Wildman–Crippen LogP) is 5.31. The Morgan fingerprint density at radius 3 is 2.40 bits per heavy atom. The molecule has 0 aliphatic carbocycles. The highest BCUT2D eigenvalue weighted by Gasteiger charge is 2.32. The van der Waals surface area contributed by atoms with Gasteiger partial charge in [0, 0.05) is 35.0 Å². The maximum Gasteiger partial charge on any atom is 0.416 e. The average Bonchev–Trinajstić information content (AvgIpc) is 3.43. The second kappa shape index (κ2) is 9.09. The number of aromatic nitrogens is 3. The summed E-state index contributed by atoms with van der Waals surface area (Å²) in [6, 6.07) is 7.86. The number of alkyl halides is 3. The van der Waals surface area contributed by atoms with E-state index in [1.54, 1.807) is 32.9 Å². The van der Waals surface area contributed by atoms with Gasteiger partial charge in [0.05, 0.1) is 11.8 Å². The number of benzene rings is 2. The first kappa shape index (κ1) is 23.7. The lowest BCUT2D eigenvalue weighted by molar-refractivity contribution is -0.137. The molecule has 0 fully saturated rings. The SMILES string of the molecule is Cc1ccc(NC(=O)c2cc(-n3ccnc3C)cc(C(F)(F)F)c2)cc1NC(=O)c1cnoc1C. The first-order valence-corrected chi connectivity index (χ1v) is 10.4. The molecule has 4 rings (SSSR count). The summed E-state index contributed by atoms with van der Waals surface area (Å²) in [5.74, 6) is -0.379. The van der Waals surface area contributed by atoms with E-state index in [1.807, 2.05) is 0 Å². The number of anilines is 2. The normalized spacial score (nSPS) is 11.4. The van der Waals surface area contributed by atoms with E-state index < -0.39 is 23.6 Å². The second-order valence-electron chi connectivity index (χ2n) is 7.84. The third-order valence-electron chi connectivity index (χ3n) is 5.35. The fraction of sp³-hybridized carbons (Fsp3) is 0.167. The molecule has 2 heterocycles. The number of amides is 2. The summed E-state index contributed by atoms with van der Waals surface area (Å²) in [6.07, 6.45) is -0.392. The Bertz CT molecular complexity index is 1420. The van der Waals surface area contributed by atoms with Crippen LogP contribution in [-0.4, -0.2) is 26.5 Å². The van der Waals surface area contributed by atoms with Crippen molar-refractivity contribution in [3.8, 4) is 5.69 Å². The molecular weight excluding hydrogens is 463 g/mol. The molecule has 0 saturated heterocycles. The molecule has 2 aromatic carbocycles. The molecule has 2 N–H and O–H groups in total. The van der Waals surface area contributed by atoms with E-state index in [4.69, 9.17) is 4.52 Å². The van der Waals surface area contributed by atoms with Crippen LogP contribution in [0.3, 0.4) is 0 Å². The molecule has 0 unspecified atom stereocenters. The van der Waals surface area contributed by atoms with Gasteiger partial charge in [0.25, 0.3) is 11.8 Å². The summed E-state index contributed by atoms with van der Waals surface area (Å²) in [5, 5.41) is 8.89. The Balaban J connectivity index is 1.62. The molecule has 0 atom stereocenters. The van der Waals surface area contributed by atoms with E-state index in [9.17, 15) is 22.8 Å². The van der Waals surface area contributed by atoms with Crippen LogP contribution in [0.4, 0.5) is 24.5 Å². The topological polar surface area (TPSA) is 102 Å². The summed E-state index contributed by atoms with van der Waals surface area (Å²) in [4.78, 5) is 29.5. The Kier molecular flexibility index (Phi) is 6.16. The molecular formula is C24H20F3N5O3. The number of carbonyl (C=O) groups excluding carboxylic acids is 2. The summed E-state index contributed by atoms with van der Waals surface area (Å²) in [6.45, 7) is 5.00. The van der Waals surface area contributed by atoms with Crippen molar-refractivity contribution in [3.63, 3.8) is 0 Å². The highest BCUT2D eigenvalue weighted by Crippen LogP contribution is 2.32. The van der Waals surface area contributed by atoms with Crippen LogP contribution < -0.4 is 10.6 Å². The van der Waals surface area contributed by atoms with E-state index >= 15 is 0 Å². The number of nitrogens with zero attached hydrogens (tertiary/aromatic N) is 3. The molecule has 35 heavy (non-hydrogen) atoms. The first-order chi connectivity index (χ1) is 16.5. The Morgan fingerprint density at radius 1 is 1.00 bits per heavy atom. The molecule has 0 saturated carbocycles. The fourth-order valence-corrected chi connectivity index (χ4v) is 3.44. The molecule has 11 heteroatoms. The van der Waals surface area contributed by atoms with E-state index in [1.165, 1.54) is 35.3 Å². The van der Waals surface area contributed by atoms with Crippen LogP contribution in [0.25, 0.3) is 5.69 Å². The summed E-state index contributed by atoms with van der Waals surface area (Å²) in [7, 11) is 0. The maximum absolute atomic E-state index is 13.5. The van der Waals surface area contributed by atoms with Crippen LogP contribution in [0.2, 0.25) is 0 Å². The largest absolute Gasteiger partial charge is 0.416 e. The molecule has 0 spiro atoms. The molecule has 0 aliphatic heterocycles. The Morgan fingerprint density at radius 2 is 1.77 bits per heavy atom. The van der Waals surface area contributed by atoms with Gasteiger partial charge in [-0.15, -0.1) is 0 Å². The third-order valence-corrected chi connectivity index (χ3v) is 5.35. The number of hydrogen-bond acceptors (Lipinski definition) is 5. The van der Waals surface area contributed by atoms with Gasteiger partial charge < -0.3 is 19.7 Å². The van der Waals surface area contributed by atoms with Crippen molar-refractivity contribution in [1.29, 1.82) is 0 Å². The fourth-order valence-electron chi connectivity index (χ4n) is 3.44. The summed E-state index contributed by atoms with van der Waals surface area (Å²) >= 11 is 0. The highest BCUT2D eigenvalue weighted by molar-refractivity contribution is 6.07. The van der Waals surface area contributed by atoms with Gasteiger partial charge in [0.1, 0.15) is 17.1 Å². The van der Waals surface area contributed by atoms with Crippen molar-refractivity contribution in [1.82, 2.24) is 14.7 Å². The van der Waals surface area contributed by atoms with Gasteiger partial charge in [-0.1, -0.05) is 11.2 Å². The van der Waals surface area contributed by atoms with E-state index in [0.717, 1.165) is 12.1 Å². The molecule has 0 bridgehead atoms. The van der Waals surface area contributed by atoms with Crippen molar-refractivity contribution in [2.75, 3.05) is 10.6 Å². The van der Waals surface area contributed by atoms with Crippen molar-refractivity contribution in [3.05, 3.63) is 88.8 Å². The van der Waals surface area contributed by atoms with Crippen LogP contribution in [0, 0.1) is 20.8 Å². The predicted molar refractivity (Wildman–Crippen MR) is 122 cm³/mol. The number of aryl methyl sites for hydroxylation is 3. The van der Waals surface area contributed by atoms with Gasteiger partial charge in [-0.25, -0.2) is 4.98 Å². The minimum absolute atomic E-state index is 0.154. The molecule has 180 valence electrons. The van der Waals surface area contributed by atoms with Gasteiger partial charge in [-0.05, 0) is 56.7 Å². The second-order valence-corrected chi connectivity index (χ2v) is 7.84. The minimum atomic E-state index is -4.65. The van der Waals surface area contributed by atoms with Crippen molar-refractivity contribution >= 4 is 23.2 Å². The standard InChI is InChI=1S/C24H20F3N5O3/c1-13-4-5-18(11-21(13)31-23(34)20-12-29-35-14(20)2)30-22(33)16-8-17(24(25,26)27)10-19(9-16)32-7-6-28-15(32)3/h4-12H,1-3H3,(H,30,33)(H,31,34). The zero-order chi connectivity index (χ0) is 25.3. The van der Waals surface area contributed by atoms with E-state index in [2.05, 4.69) is 20.8 Å². The summed E-state index contributed by atoms with van der Waals surface area (Å²) < 4.78 is 47.0. The first-order valence-electron chi connectivity index (χ1n) is 10.4. The molecule has 0 aliphatic rings. The third kappa shape index (κ3) is 5.08. The van der Waals surface area contributed by atoms with E-state index in [-0.39, 0.29) is 22.5 Å². The molecule has 2 amide bonds. The molecule has 0 radical (unpaired) electrons. The van der Waals surface area contributed by atoms with Crippen LogP contribution in [0.5, 0.6) is 0 Å². The van der Waals surface area contributed by atoms with Crippen LogP contribution in [0.1, 0.15) is 43.4 Å². The van der Waals surface area contributed by atoms with Gasteiger partial charge in [-0.2, -0.15) is 13.2 Å². The summed E-state index contributed by atoms with van der Waals surface area (Å²) in [5.41, 5.74) is 0.666. The van der Waals surface area contributed by atoms with Crippen LogP contribution in [0.15, 0.2) is 59.5 Å². The van der Waals surface area contributed by atoms with Gasteiger partial charge in [-0.3, -0.25) is 9.59 Å². The monoisotopic (exact) mass is 483 g/mol. The number of carbonyl (C=O) groups is 2. The van der Waals surface area contributed by atoms with Gasteiger partial charge in [0.2, 0.25) is 0 Å². The van der Waals surface area contributed by atoms with E-state index in [0.29, 0.717) is 22.8 Å². The smallest absolute Gasteiger partial charge is 0.361 e. The zero-order valence-corrected chi connectivity index (χ0v) is 18.9. The number of nitrogens with one attached hydrogen (secondary N) is 2. The Hall–Kier alpha value is -4.41. The highest BCUT2D eigenvalue weighted by atomic mass is 19.4. The number of imidazole rings is 1. The molecule has 2 aromatic heterocycles. The van der Waals surface area contributed by atoms with Gasteiger partial charge in [0.15, 0.2) is 0 Å².